The third kappa shape index (κ3) is 5.29. The Kier molecular flexibility index (Phi) is 5.83. The van der Waals surface area contributed by atoms with Gasteiger partial charge in [-0.05, 0) is 54.4 Å². The van der Waals surface area contributed by atoms with Crippen LogP contribution in [0.3, 0.4) is 0 Å². The highest BCUT2D eigenvalue weighted by Gasteiger charge is 2.42. The molecule has 4 bridgehead atoms. The Morgan fingerprint density at radius 3 is 1.32 bits per heavy atom. The molecule has 0 spiro atoms. The number of piperazine rings is 2. The van der Waals surface area contributed by atoms with Crippen molar-refractivity contribution in [1.82, 2.24) is 20.4 Å². The Morgan fingerprint density at radius 1 is 0.750 bits per heavy atom. The van der Waals surface area contributed by atoms with Gasteiger partial charge in [0, 0.05) is 50.3 Å². The summed E-state index contributed by atoms with van der Waals surface area (Å²) in [4.78, 5) is 27.2. The normalized spacial score (nSPS) is 30.9. The summed E-state index contributed by atoms with van der Waals surface area (Å²) >= 11 is 0. The average molecular weight is 397 g/mol. The summed E-state index contributed by atoms with van der Waals surface area (Å²) in [6.07, 6.45) is 1.84. The van der Waals surface area contributed by atoms with Crippen LogP contribution in [-0.2, 0) is 9.47 Å². The molecule has 28 heavy (non-hydrogen) atoms. The van der Waals surface area contributed by atoms with Crippen molar-refractivity contribution in [1.29, 1.82) is 0 Å². The van der Waals surface area contributed by atoms with Crippen LogP contribution < -0.4 is 10.6 Å². The zero-order valence-electron chi connectivity index (χ0n) is 18.1. The second-order valence-electron chi connectivity index (χ2n) is 10.3. The van der Waals surface area contributed by atoms with E-state index in [4.69, 9.17) is 9.47 Å². The van der Waals surface area contributed by atoms with Crippen LogP contribution in [0.5, 0.6) is 0 Å². The number of fused-ring (bicyclic) bond motifs is 4. The van der Waals surface area contributed by atoms with E-state index in [0.717, 1.165) is 39.0 Å². The van der Waals surface area contributed by atoms with E-state index in [1.165, 1.54) is 0 Å². The summed E-state index contributed by atoms with van der Waals surface area (Å²) in [5.41, 5.74) is -0.765. The maximum Gasteiger partial charge on any atom is 0.410 e. The molecule has 0 aromatic rings. The smallest absolute Gasteiger partial charge is 0.410 e. The molecule has 4 aliphatic heterocycles. The van der Waals surface area contributed by atoms with Crippen molar-refractivity contribution in [2.75, 3.05) is 26.2 Å². The van der Waals surface area contributed by atoms with Crippen LogP contribution in [0.1, 0.15) is 54.4 Å². The first kappa shape index (κ1) is 21.2. The summed E-state index contributed by atoms with van der Waals surface area (Å²) in [7, 11) is 0. The topological polar surface area (TPSA) is 83.1 Å². The fourth-order valence-electron chi connectivity index (χ4n) is 4.21. The summed E-state index contributed by atoms with van der Waals surface area (Å²) < 4.78 is 10.7. The fourth-order valence-corrected chi connectivity index (χ4v) is 4.21. The highest BCUT2D eigenvalue weighted by atomic mass is 16.6. The van der Waals surface area contributed by atoms with Crippen LogP contribution in [0.4, 0.5) is 9.59 Å². The zero-order valence-corrected chi connectivity index (χ0v) is 18.1. The van der Waals surface area contributed by atoms with Gasteiger partial charge in [0.1, 0.15) is 11.2 Å². The Morgan fingerprint density at radius 2 is 1.11 bits per heavy atom. The summed E-state index contributed by atoms with van der Waals surface area (Å²) in [6.45, 7) is 14.9. The molecule has 0 saturated carbocycles. The van der Waals surface area contributed by atoms with Gasteiger partial charge >= 0.3 is 12.2 Å². The molecule has 8 nitrogen and oxygen atoms in total. The van der Waals surface area contributed by atoms with Gasteiger partial charge in [-0.3, -0.25) is 0 Å². The lowest BCUT2D eigenvalue weighted by atomic mass is 10.2. The minimum atomic E-state index is -0.383. The van der Waals surface area contributed by atoms with E-state index in [-0.39, 0.29) is 23.4 Å². The highest BCUT2D eigenvalue weighted by molar-refractivity contribution is 5.70. The average Bonchev–Trinajstić information content (AvgIpc) is 3.32. The van der Waals surface area contributed by atoms with Crippen molar-refractivity contribution in [2.24, 2.45) is 0 Å². The molecule has 160 valence electrons. The maximum atomic E-state index is 11.7. The molecule has 2 N–H and O–H groups in total. The number of nitrogens with zero attached hydrogens (tertiary/aromatic N) is 2. The van der Waals surface area contributed by atoms with E-state index in [9.17, 15) is 9.59 Å². The number of rotatable bonds is 0. The second kappa shape index (κ2) is 7.71. The maximum absolute atomic E-state index is 11.7. The van der Waals surface area contributed by atoms with E-state index in [2.05, 4.69) is 10.6 Å². The molecular formula is C20H36N4O4. The van der Waals surface area contributed by atoms with E-state index in [1.807, 2.05) is 51.3 Å². The molecule has 0 aromatic carbocycles. The first-order chi connectivity index (χ1) is 12.9. The lowest BCUT2D eigenvalue weighted by Crippen LogP contribution is -2.48. The van der Waals surface area contributed by atoms with Gasteiger partial charge in [-0.25, -0.2) is 9.59 Å². The molecule has 0 aromatic heterocycles. The second-order valence-corrected chi connectivity index (χ2v) is 10.3. The minimum absolute atomic E-state index is 0.161. The van der Waals surface area contributed by atoms with Crippen LogP contribution in [0.2, 0.25) is 0 Å². The third-order valence-electron chi connectivity index (χ3n) is 5.37. The summed E-state index contributed by atoms with van der Waals surface area (Å²) in [5, 5.41) is 6.71. The van der Waals surface area contributed by atoms with Gasteiger partial charge in [-0.1, -0.05) is 0 Å². The van der Waals surface area contributed by atoms with Crippen molar-refractivity contribution in [3.05, 3.63) is 0 Å². The van der Waals surface area contributed by atoms with E-state index in [1.54, 1.807) is 0 Å². The Hall–Kier alpha value is -1.54. The van der Waals surface area contributed by atoms with Crippen molar-refractivity contribution in [3.63, 3.8) is 0 Å². The van der Waals surface area contributed by atoms with Crippen LogP contribution in [0, 0.1) is 0 Å². The lowest BCUT2D eigenvalue weighted by Gasteiger charge is -2.30. The first-order valence-electron chi connectivity index (χ1n) is 10.4. The molecule has 4 saturated heterocycles. The van der Waals surface area contributed by atoms with Crippen LogP contribution in [0.15, 0.2) is 0 Å². The molecule has 0 radical (unpaired) electrons. The molecule has 4 fully saturated rings. The molecular weight excluding hydrogens is 360 g/mol. The highest BCUT2D eigenvalue weighted by Crippen LogP contribution is 2.26. The number of nitrogens with one attached hydrogen (secondary N) is 2. The van der Waals surface area contributed by atoms with E-state index < -0.39 is 0 Å². The van der Waals surface area contributed by atoms with Crippen molar-refractivity contribution >= 4 is 12.2 Å². The summed E-state index contributed by atoms with van der Waals surface area (Å²) in [5.74, 6) is 0. The number of hydrogen-bond donors (Lipinski definition) is 2. The number of amides is 2. The number of carbonyl (C=O) groups excluding carboxylic acids is 2. The predicted octanol–water partition coefficient (Wildman–Crippen LogP) is 1.94. The SMILES string of the molecule is CC(C)(C)OC(=O)N1C[C@@H]2C[C@H]1CN2.CC(C)(C)OC(=O)N1C[C@H]2C[C@@H]1CN2. The molecule has 4 aliphatic rings. The van der Waals surface area contributed by atoms with Crippen LogP contribution >= 0.6 is 0 Å². The summed E-state index contributed by atoms with van der Waals surface area (Å²) in [6, 6.07) is 1.70. The number of hydrogen-bond acceptors (Lipinski definition) is 6. The Labute approximate surface area is 168 Å². The van der Waals surface area contributed by atoms with Gasteiger partial charge in [0.15, 0.2) is 0 Å². The van der Waals surface area contributed by atoms with Gasteiger partial charge < -0.3 is 29.9 Å². The van der Waals surface area contributed by atoms with Crippen LogP contribution in [0.25, 0.3) is 0 Å². The third-order valence-corrected chi connectivity index (χ3v) is 5.37. The van der Waals surface area contributed by atoms with Gasteiger partial charge in [0.2, 0.25) is 0 Å². The number of carbonyl (C=O) groups is 2. The molecule has 0 unspecified atom stereocenters. The van der Waals surface area contributed by atoms with Gasteiger partial charge in [0.25, 0.3) is 0 Å². The van der Waals surface area contributed by atoms with E-state index in [0.29, 0.717) is 24.2 Å². The molecule has 4 atom stereocenters. The Balaban J connectivity index is 0.000000161. The molecule has 2 amide bonds. The number of ether oxygens (including phenoxy) is 2. The minimum Gasteiger partial charge on any atom is -0.444 e. The van der Waals surface area contributed by atoms with Crippen molar-refractivity contribution < 1.29 is 19.1 Å². The van der Waals surface area contributed by atoms with Gasteiger partial charge in [-0.2, -0.15) is 0 Å². The van der Waals surface area contributed by atoms with Crippen molar-refractivity contribution in [3.8, 4) is 0 Å². The first-order valence-corrected chi connectivity index (χ1v) is 10.4. The van der Waals surface area contributed by atoms with Crippen molar-refractivity contribution in [2.45, 2.75) is 89.8 Å². The molecule has 0 aliphatic carbocycles. The number of likely N-dealkylation sites (tertiary alicyclic amines) is 2. The zero-order chi connectivity index (χ0) is 20.7. The monoisotopic (exact) mass is 396 g/mol. The van der Waals surface area contributed by atoms with E-state index >= 15 is 0 Å². The Bertz CT molecular complexity index is 546. The van der Waals surface area contributed by atoms with Crippen LogP contribution in [-0.4, -0.2) is 83.5 Å². The predicted molar refractivity (Wildman–Crippen MR) is 106 cm³/mol. The quantitative estimate of drug-likeness (QED) is 0.651. The van der Waals surface area contributed by atoms with Gasteiger partial charge in [0.05, 0.1) is 0 Å². The molecule has 4 rings (SSSR count). The largest absolute Gasteiger partial charge is 0.444 e. The van der Waals surface area contributed by atoms with Gasteiger partial charge in [-0.15, -0.1) is 0 Å². The standard InChI is InChI=1S/2C10H18N2O2/c2*1-10(2,3)14-9(13)12-6-7-4-8(12)5-11-7/h2*7-8,11H,4-6H2,1-3H3/t2*7-,8-/m10/s1. The molecule has 8 heteroatoms. The fraction of sp³-hybridized carbons (Fsp3) is 0.900. The lowest BCUT2D eigenvalue weighted by molar-refractivity contribution is 0.0194. The molecule has 4 heterocycles.